The molecule has 0 aliphatic carbocycles. The molecule has 2 aromatic carbocycles. The molecule has 0 radical (unpaired) electrons. The zero-order valence-electron chi connectivity index (χ0n) is 15.2. The molecule has 0 unspecified atom stereocenters. The van der Waals surface area contributed by atoms with Gasteiger partial charge < -0.3 is 10.0 Å². The van der Waals surface area contributed by atoms with E-state index in [2.05, 4.69) is 10.2 Å². The number of rotatable bonds is 6. The Kier molecular flexibility index (Phi) is 5.02. The summed E-state index contributed by atoms with van der Waals surface area (Å²) in [4.78, 5) is 15.1. The first-order valence-corrected chi connectivity index (χ1v) is 8.56. The number of aryl methyl sites for hydroxylation is 2. The molecule has 0 fully saturated rings. The SMILES string of the molecule is CCN(Cc1ccccc1)c1nn(-c2ccc(C)cc2C)nc1C(=O)O. The van der Waals surface area contributed by atoms with Crippen LogP contribution < -0.4 is 4.90 Å². The number of nitrogens with zero attached hydrogens (tertiary/aromatic N) is 4. The van der Waals surface area contributed by atoms with Crippen molar-refractivity contribution in [2.24, 2.45) is 0 Å². The molecule has 1 N–H and O–H groups in total. The minimum Gasteiger partial charge on any atom is -0.476 e. The van der Waals surface area contributed by atoms with Crippen molar-refractivity contribution in [3.63, 3.8) is 0 Å². The molecular weight excluding hydrogens is 328 g/mol. The Labute approximate surface area is 152 Å². The molecule has 134 valence electrons. The number of carboxylic acid groups (broad SMARTS) is 1. The predicted molar refractivity (Wildman–Crippen MR) is 101 cm³/mol. The normalized spacial score (nSPS) is 10.7. The van der Waals surface area contributed by atoms with Gasteiger partial charge in [-0.3, -0.25) is 0 Å². The molecule has 0 aliphatic rings. The summed E-state index contributed by atoms with van der Waals surface area (Å²) in [5.74, 6) is -0.702. The van der Waals surface area contributed by atoms with Gasteiger partial charge in [0.2, 0.25) is 5.69 Å². The van der Waals surface area contributed by atoms with Crippen LogP contribution in [0.15, 0.2) is 48.5 Å². The molecule has 0 spiro atoms. The number of carboxylic acids is 1. The van der Waals surface area contributed by atoms with Crippen molar-refractivity contribution in [1.82, 2.24) is 15.0 Å². The molecule has 0 saturated carbocycles. The molecule has 1 heterocycles. The molecule has 3 aromatic rings. The third-order valence-corrected chi connectivity index (χ3v) is 4.26. The third-order valence-electron chi connectivity index (χ3n) is 4.26. The molecule has 0 amide bonds. The second-order valence-electron chi connectivity index (χ2n) is 6.26. The summed E-state index contributed by atoms with van der Waals surface area (Å²) in [6, 6.07) is 15.8. The average molecular weight is 350 g/mol. The van der Waals surface area contributed by atoms with Crippen LogP contribution in [0.3, 0.4) is 0 Å². The first-order valence-electron chi connectivity index (χ1n) is 8.56. The van der Waals surface area contributed by atoms with Gasteiger partial charge in [-0.1, -0.05) is 48.0 Å². The fraction of sp³-hybridized carbons (Fsp3) is 0.250. The molecule has 0 bridgehead atoms. The largest absolute Gasteiger partial charge is 0.476 e. The highest BCUT2D eigenvalue weighted by Crippen LogP contribution is 2.22. The standard InChI is InChI=1S/C20H22N4O2/c1-4-23(13-16-8-6-5-7-9-16)19-18(20(25)26)21-24(22-19)17-11-10-14(2)12-15(17)3/h5-12H,4,13H2,1-3H3,(H,25,26). The van der Waals surface area contributed by atoms with E-state index in [1.165, 1.54) is 4.80 Å². The van der Waals surface area contributed by atoms with Crippen LogP contribution in [-0.4, -0.2) is 32.6 Å². The van der Waals surface area contributed by atoms with Crippen LogP contribution >= 0.6 is 0 Å². The van der Waals surface area contributed by atoms with Crippen LogP contribution in [0.5, 0.6) is 0 Å². The summed E-state index contributed by atoms with van der Waals surface area (Å²) in [6.07, 6.45) is 0. The van der Waals surface area contributed by atoms with Gasteiger partial charge in [0.25, 0.3) is 0 Å². The Morgan fingerprint density at radius 2 is 1.85 bits per heavy atom. The summed E-state index contributed by atoms with van der Waals surface area (Å²) < 4.78 is 0. The number of hydrogen-bond acceptors (Lipinski definition) is 4. The quantitative estimate of drug-likeness (QED) is 0.735. The molecule has 0 aliphatic heterocycles. The van der Waals surface area contributed by atoms with E-state index in [1.807, 2.05) is 74.2 Å². The number of benzene rings is 2. The van der Waals surface area contributed by atoms with Crippen molar-refractivity contribution in [3.05, 3.63) is 70.9 Å². The summed E-state index contributed by atoms with van der Waals surface area (Å²) >= 11 is 0. The molecule has 6 nitrogen and oxygen atoms in total. The Hall–Kier alpha value is -3.15. The maximum Gasteiger partial charge on any atom is 0.360 e. The number of aromatic nitrogens is 3. The predicted octanol–water partition coefficient (Wildman–Crippen LogP) is 3.61. The minimum absolute atomic E-state index is 0.0391. The Bertz CT molecular complexity index is 919. The lowest BCUT2D eigenvalue weighted by molar-refractivity contribution is 0.0690. The van der Waals surface area contributed by atoms with E-state index >= 15 is 0 Å². The first kappa shape index (κ1) is 17.7. The maximum absolute atomic E-state index is 11.7. The summed E-state index contributed by atoms with van der Waals surface area (Å²) in [5, 5.41) is 18.4. The zero-order chi connectivity index (χ0) is 18.7. The molecular formula is C20H22N4O2. The van der Waals surface area contributed by atoms with Crippen LogP contribution in [0.4, 0.5) is 5.82 Å². The highest BCUT2D eigenvalue weighted by atomic mass is 16.4. The van der Waals surface area contributed by atoms with Crippen LogP contribution in [0.1, 0.15) is 34.1 Å². The molecule has 6 heteroatoms. The Balaban J connectivity index is 2.02. The van der Waals surface area contributed by atoms with Crippen molar-refractivity contribution >= 4 is 11.8 Å². The van der Waals surface area contributed by atoms with E-state index in [-0.39, 0.29) is 5.69 Å². The van der Waals surface area contributed by atoms with Crippen LogP contribution in [0, 0.1) is 13.8 Å². The number of anilines is 1. The summed E-state index contributed by atoms with van der Waals surface area (Å²) in [6.45, 7) is 7.15. The Morgan fingerprint density at radius 1 is 1.12 bits per heavy atom. The zero-order valence-corrected chi connectivity index (χ0v) is 15.2. The maximum atomic E-state index is 11.7. The van der Waals surface area contributed by atoms with E-state index in [9.17, 15) is 9.90 Å². The highest BCUT2D eigenvalue weighted by molar-refractivity contribution is 5.91. The van der Waals surface area contributed by atoms with Crippen molar-refractivity contribution < 1.29 is 9.90 Å². The first-order chi connectivity index (χ1) is 12.5. The average Bonchev–Trinajstić information content (AvgIpc) is 3.05. The van der Waals surface area contributed by atoms with Crippen molar-refractivity contribution in [3.8, 4) is 5.69 Å². The summed E-state index contributed by atoms with van der Waals surface area (Å²) in [5.41, 5.74) is 3.96. The van der Waals surface area contributed by atoms with Gasteiger partial charge in [0.05, 0.1) is 5.69 Å². The van der Waals surface area contributed by atoms with E-state index in [1.54, 1.807) is 0 Å². The van der Waals surface area contributed by atoms with Gasteiger partial charge in [-0.05, 0) is 38.0 Å². The van der Waals surface area contributed by atoms with Gasteiger partial charge in [0, 0.05) is 13.1 Å². The topological polar surface area (TPSA) is 71.2 Å². The number of hydrogen-bond donors (Lipinski definition) is 1. The fourth-order valence-electron chi connectivity index (χ4n) is 2.93. The monoisotopic (exact) mass is 350 g/mol. The van der Waals surface area contributed by atoms with Gasteiger partial charge >= 0.3 is 5.97 Å². The van der Waals surface area contributed by atoms with Gasteiger partial charge in [-0.25, -0.2) is 4.79 Å². The van der Waals surface area contributed by atoms with E-state index in [4.69, 9.17) is 0 Å². The smallest absolute Gasteiger partial charge is 0.360 e. The lowest BCUT2D eigenvalue weighted by Crippen LogP contribution is -2.24. The van der Waals surface area contributed by atoms with Crippen LogP contribution in [0.25, 0.3) is 5.69 Å². The van der Waals surface area contributed by atoms with Gasteiger partial charge in [0.15, 0.2) is 5.82 Å². The van der Waals surface area contributed by atoms with E-state index in [0.717, 1.165) is 22.4 Å². The second-order valence-corrected chi connectivity index (χ2v) is 6.26. The fourth-order valence-corrected chi connectivity index (χ4v) is 2.93. The lowest BCUT2D eigenvalue weighted by Gasteiger charge is -2.20. The molecule has 26 heavy (non-hydrogen) atoms. The van der Waals surface area contributed by atoms with Gasteiger partial charge in [-0.2, -0.15) is 0 Å². The van der Waals surface area contributed by atoms with Gasteiger partial charge in [-0.15, -0.1) is 15.0 Å². The molecule has 1 aromatic heterocycles. The van der Waals surface area contributed by atoms with Crippen molar-refractivity contribution in [2.75, 3.05) is 11.4 Å². The Morgan fingerprint density at radius 3 is 2.46 bits per heavy atom. The van der Waals surface area contributed by atoms with Crippen LogP contribution in [-0.2, 0) is 6.54 Å². The summed E-state index contributed by atoms with van der Waals surface area (Å²) in [7, 11) is 0. The number of aromatic carboxylic acids is 1. The highest BCUT2D eigenvalue weighted by Gasteiger charge is 2.23. The van der Waals surface area contributed by atoms with Crippen LogP contribution in [0.2, 0.25) is 0 Å². The second kappa shape index (κ2) is 7.39. The molecule has 3 rings (SSSR count). The van der Waals surface area contributed by atoms with Crippen molar-refractivity contribution in [2.45, 2.75) is 27.3 Å². The van der Waals surface area contributed by atoms with E-state index in [0.29, 0.717) is 18.9 Å². The molecule has 0 atom stereocenters. The van der Waals surface area contributed by atoms with Crippen molar-refractivity contribution in [1.29, 1.82) is 0 Å². The molecule has 0 saturated heterocycles. The number of carbonyl (C=O) groups is 1. The lowest BCUT2D eigenvalue weighted by atomic mass is 10.1. The van der Waals surface area contributed by atoms with E-state index < -0.39 is 5.97 Å². The van der Waals surface area contributed by atoms with Gasteiger partial charge in [0.1, 0.15) is 0 Å². The minimum atomic E-state index is -1.08. The third kappa shape index (κ3) is 3.59.